The Bertz CT molecular complexity index is 663. The minimum atomic E-state index is -0.294. The Morgan fingerprint density at radius 1 is 1.22 bits per heavy atom. The van der Waals surface area contributed by atoms with Crippen LogP contribution in [0.2, 0.25) is 0 Å². The maximum atomic E-state index is 12.6. The normalized spacial score (nSPS) is 20.6. The number of likely N-dealkylation sites (tertiary alicyclic amines) is 1. The molecule has 1 saturated heterocycles. The first kappa shape index (κ1) is 20.3. The number of hydrogen-bond donors (Lipinski definition) is 2. The van der Waals surface area contributed by atoms with Crippen LogP contribution in [0.25, 0.3) is 0 Å². The number of carbonyl (C=O) groups excluding carboxylic acids is 2. The van der Waals surface area contributed by atoms with Crippen molar-refractivity contribution in [2.45, 2.75) is 65.2 Å². The zero-order valence-corrected chi connectivity index (χ0v) is 17.5. The number of hydrogen-bond acceptors (Lipinski definition) is 4. The Balaban J connectivity index is 1.67. The van der Waals surface area contributed by atoms with Gasteiger partial charge in [0.15, 0.2) is 0 Å². The first-order valence-electron chi connectivity index (χ1n) is 10.5. The zero-order chi connectivity index (χ0) is 19.2. The summed E-state index contributed by atoms with van der Waals surface area (Å²) in [7, 11) is 0. The second-order valence-corrected chi connectivity index (χ2v) is 9.09. The van der Waals surface area contributed by atoms with Gasteiger partial charge in [-0.25, -0.2) is 4.79 Å². The molecular formula is C21H33N2O3S+. The van der Waals surface area contributed by atoms with Crippen LogP contribution in [0, 0.1) is 5.92 Å². The molecule has 0 spiro atoms. The van der Waals surface area contributed by atoms with E-state index in [1.807, 2.05) is 6.92 Å². The molecule has 1 aliphatic heterocycles. The monoisotopic (exact) mass is 393 g/mol. The van der Waals surface area contributed by atoms with Crippen molar-refractivity contribution >= 4 is 28.2 Å². The molecule has 2 heterocycles. The summed E-state index contributed by atoms with van der Waals surface area (Å²) in [6.07, 6.45) is 8.64. The van der Waals surface area contributed by atoms with E-state index in [1.165, 1.54) is 48.5 Å². The van der Waals surface area contributed by atoms with Gasteiger partial charge in [-0.2, -0.15) is 0 Å². The van der Waals surface area contributed by atoms with Gasteiger partial charge in [-0.05, 0) is 63.4 Å². The Hall–Kier alpha value is -1.40. The standard InChI is InChI=1S/C21H32N2O3S/c1-3-26-21(25)19-16-9-8-15(2)14-17(16)27-20(19)22-18(24)10-13-23-11-6-4-5-7-12-23/h15H,3-14H2,1-2H3,(H,22,24)/p+1. The molecule has 0 bridgehead atoms. The second kappa shape index (κ2) is 9.69. The molecule has 1 atom stereocenters. The molecule has 1 aliphatic carbocycles. The molecule has 1 aromatic rings. The maximum Gasteiger partial charge on any atom is 0.341 e. The number of carbonyl (C=O) groups is 2. The summed E-state index contributed by atoms with van der Waals surface area (Å²) in [5, 5.41) is 3.74. The average Bonchev–Trinajstić information content (AvgIpc) is 2.80. The molecule has 0 radical (unpaired) electrons. The average molecular weight is 394 g/mol. The summed E-state index contributed by atoms with van der Waals surface area (Å²) in [5.41, 5.74) is 1.71. The highest BCUT2D eigenvalue weighted by Crippen LogP contribution is 2.40. The highest BCUT2D eigenvalue weighted by molar-refractivity contribution is 7.17. The SMILES string of the molecule is CCOC(=O)c1c(NC(=O)CC[NH+]2CCCCCC2)sc2c1CCC(C)C2. The molecule has 1 unspecified atom stereocenters. The fraction of sp³-hybridized carbons (Fsp3) is 0.714. The number of anilines is 1. The summed E-state index contributed by atoms with van der Waals surface area (Å²) in [5.74, 6) is 0.350. The molecule has 1 fully saturated rings. The lowest BCUT2D eigenvalue weighted by Crippen LogP contribution is -3.12. The first-order valence-corrected chi connectivity index (χ1v) is 11.3. The molecular weight excluding hydrogens is 360 g/mol. The van der Waals surface area contributed by atoms with Gasteiger partial charge in [0.25, 0.3) is 0 Å². The van der Waals surface area contributed by atoms with Crippen LogP contribution in [0.1, 0.15) is 73.2 Å². The Kier molecular flexibility index (Phi) is 7.30. The first-order chi connectivity index (χ1) is 13.1. The summed E-state index contributed by atoms with van der Waals surface area (Å²) in [6.45, 7) is 7.64. The Morgan fingerprint density at radius 2 is 1.96 bits per heavy atom. The third-order valence-electron chi connectivity index (χ3n) is 5.76. The van der Waals surface area contributed by atoms with Crippen molar-refractivity contribution in [3.8, 4) is 0 Å². The van der Waals surface area contributed by atoms with Crippen LogP contribution < -0.4 is 10.2 Å². The van der Waals surface area contributed by atoms with Gasteiger partial charge in [-0.3, -0.25) is 4.79 Å². The largest absolute Gasteiger partial charge is 0.462 e. The summed E-state index contributed by atoms with van der Waals surface area (Å²) in [6, 6.07) is 0. The number of fused-ring (bicyclic) bond motifs is 1. The molecule has 3 rings (SSSR count). The third-order valence-corrected chi connectivity index (χ3v) is 6.93. The quantitative estimate of drug-likeness (QED) is 0.731. The minimum Gasteiger partial charge on any atom is -0.462 e. The summed E-state index contributed by atoms with van der Waals surface area (Å²) >= 11 is 1.57. The van der Waals surface area contributed by atoms with Crippen LogP contribution >= 0.6 is 11.3 Å². The lowest BCUT2D eigenvalue weighted by molar-refractivity contribution is -0.898. The molecule has 27 heavy (non-hydrogen) atoms. The topological polar surface area (TPSA) is 59.8 Å². The van der Waals surface area contributed by atoms with Gasteiger partial charge in [-0.15, -0.1) is 11.3 Å². The number of nitrogens with one attached hydrogen (secondary N) is 2. The number of ether oxygens (including phenoxy) is 1. The number of quaternary nitrogens is 1. The van der Waals surface area contributed by atoms with Crippen LogP contribution in [-0.2, 0) is 22.4 Å². The number of thiophene rings is 1. The predicted molar refractivity (Wildman–Crippen MR) is 109 cm³/mol. The maximum absolute atomic E-state index is 12.6. The van der Waals surface area contributed by atoms with E-state index in [9.17, 15) is 9.59 Å². The molecule has 0 saturated carbocycles. The lowest BCUT2D eigenvalue weighted by atomic mass is 9.88. The molecule has 1 aromatic heterocycles. The van der Waals surface area contributed by atoms with E-state index in [0.29, 0.717) is 29.5 Å². The third kappa shape index (κ3) is 5.32. The fourth-order valence-electron chi connectivity index (χ4n) is 4.22. The van der Waals surface area contributed by atoms with Crippen LogP contribution in [0.15, 0.2) is 0 Å². The lowest BCUT2D eigenvalue weighted by Gasteiger charge is -2.18. The van der Waals surface area contributed by atoms with E-state index in [2.05, 4.69) is 12.2 Å². The Morgan fingerprint density at radius 3 is 2.67 bits per heavy atom. The number of rotatable bonds is 6. The van der Waals surface area contributed by atoms with Gasteiger partial charge in [0, 0.05) is 4.88 Å². The summed E-state index contributed by atoms with van der Waals surface area (Å²) in [4.78, 5) is 27.9. The molecule has 5 nitrogen and oxygen atoms in total. The molecule has 2 aliphatic rings. The van der Waals surface area contributed by atoms with Crippen molar-refractivity contribution in [3.05, 3.63) is 16.0 Å². The predicted octanol–water partition coefficient (Wildman–Crippen LogP) is 2.84. The van der Waals surface area contributed by atoms with Crippen molar-refractivity contribution in [3.63, 3.8) is 0 Å². The van der Waals surface area contributed by atoms with Gasteiger partial charge in [0.05, 0.1) is 38.2 Å². The van der Waals surface area contributed by atoms with E-state index in [-0.39, 0.29) is 11.9 Å². The van der Waals surface area contributed by atoms with Gasteiger partial charge < -0.3 is 15.0 Å². The van der Waals surface area contributed by atoms with Crippen molar-refractivity contribution in [1.82, 2.24) is 0 Å². The van der Waals surface area contributed by atoms with Crippen molar-refractivity contribution < 1.29 is 19.2 Å². The molecule has 2 N–H and O–H groups in total. The van der Waals surface area contributed by atoms with Crippen LogP contribution in [0.3, 0.4) is 0 Å². The number of amides is 1. The molecule has 6 heteroatoms. The van der Waals surface area contributed by atoms with Crippen LogP contribution in [0.4, 0.5) is 5.00 Å². The number of esters is 1. The smallest absolute Gasteiger partial charge is 0.341 e. The van der Waals surface area contributed by atoms with E-state index < -0.39 is 0 Å². The van der Waals surface area contributed by atoms with Gasteiger partial charge in [-0.1, -0.05) is 6.92 Å². The van der Waals surface area contributed by atoms with Gasteiger partial charge in [0.2, 0.25) is 5.91 Å². The molecule has 0 aromatic carbocycles. The highest BCUT2D eigenvalue weighted by Gasteiger charge is 2.29. The highest BCUT2D eigenvalue weighted by atomic mass is 32.1. The summed E-state index contributed by atoms with van der Waals surface area (Å²) < 4.78 is 5.28. The zero-order valence-electron chi connectivity index (χ0n) is 16.7. The molecule has 1 amide bonds. The fourth-order valence-corrected chi connectivity index (χ4v) is 5.63. The van der Waals surface area contributed by atoms with Crippen molar-refractivity contribution in [2.24, 2.45) is 5.92 Å². The minimum absolute atomic E-state index is 0.0175. The van der Waals surface area contributed by atoms with Gasteiger partial charge >= 0.3 is 5.97 Å². The van der Waals surface area contributed by atoms with E-state index >= 15 is 0 Å². The van der Waals surface area contributed by atoms with Crippen molar-refractivity contribution in [1.29, 1.82) is 0 Å². The van der Waals surface area contributed by atoms with Crippen LogP contribution in [-0.4, -0.2) is 38.1 Å². The van der Waals surface area contributed by atoms with E-state index in [1.54, 1.807) is 11.3 Å². The van der Waals surface area contributed by atoms with E-state index in [4.69, 9.17) is 4.74 Å². The van der Waals surface area contributed by atoms with Crippen LogP contribution in [0.5, 0.6) is 0 Å². The second-order valence-electron chi connectivity index (χ2n) is 7.99. The van der Waals surface area contributed by atoms with Crippen molar-refractivity contribution in [2.75, 3.05) is 31.6 Å². The van der Waals surface area contributed by atoms with E-state index in [0.717, 1.165) is 31.4 Å². The Labute approximate surface area is 166 Å². The molecule has 150 valence electrons. The van der Waals surface area contributed by atoms with Gasteiger partial charge in [0.1, 0.15) is 5.00 Å².